The number of ether oxygens (including phenoxy) is 1. The minimum atomic E-state index is -0.0626. The maximum absolute atomic E-state index is 11.8. The van der Waals surface area contributed by atoms with E-state index in [4.69, 9.17) is 4.74 Å². The lowest BCUT2D eigenvalue weighted by Crippen LogP contribution is -2.27. The van der Waals surface area contributed by atoms with E-state index in [1.807, 2.05) is 48.1 Å². The number of benzene rings is 1. The van der Waals surface area contributed by atoms with Crippen molar-refractivity contribution in [1.29, 1.82) is 0 Å². The lowest BCUT2D eigenvalue weighted by molar-refractivity contribution is 0.115. The van der Waals surface area contributed by atoms with Crippen molar-refractivity contribution in [3.63, 3.8) is 0 Å². The highest BCUT2D eigenvalue weighted by molar-refractivity contribution is 5.94. The second-order valence-corrected chi connectivity index (χ2v) is 7.04. The van der Waals surface area contributed by atoms with E-state index in [1.54, 1.807) is 17.3 Å². The van der Waals surface area contributed by atoms with Gasteiger partial charge in [0, 0.05) is 43.3 Å². The van der Waals surface area contributed by atoms with Crippen LogP contribution < -0.4 is 15.5 Å². The maximum Gasteiger partial charge on any atom is 0.321 e. The maximum atomic E-state index is 11.8. The summed E-state index contributed by atoms with van der Waals surface area (Å²) in [5, 5.41) is 10.4. The summed E-state index contributed by atoms with van der Waals surface area (Å²) in [5.74, 6) is 0.493. The van der Waals surface area contributed by atoms with Gasteiger partial charge in [0.2, 0.25) is 5.95 Å². The van der Waals surface area contributed by atoms with Gasteiger partial charge < -0.3 is 15.4 Å². The molecule has 0 aliphatic carbocycles. The Balaban J connectivity index is 1.45. The van der Waals surface area contributed by atoms with E-state index in [-0.39, 0.29) is 12.1 Å². The monoisotopic (exact) mass is 407 g/mol. The zero-order valence-electron chi connectivity index (χ0n) is 17.1. The summed E-state index contributed by atoms with van der Waals surface area (Å²) in [6.07, 6.45) is 5.37. The number of rotatable bonds is 8. The average molecular weight is 407 g/mol. The molecule has 1 aliphatic rings. The molecule has 156 valence electrons. The fourth-order valence-corrected chi connectivity index (χ4v) is 3.25. The molecular formula is C21H25N7O2. The Labute approximate surface area is 175 Å². The number of carbonyl (C=O) groups excluding carboxylic acids is 1. The minimum Gasteiger partial charge on any atom is -0.380 e. The van der Waals surface area contributed by atoms with E-state index in [0.29, 0.717) is 32.3 Å². The quantitative estimate of drug-likeness (QED) is 0.595. The number of anilines is 3. The molecule has 1 atom stereocenters. The molecule has 1 fully saturated rings. The van der Waals surface area contributed by atoms with Crippen LogP contribution in [0.25, 0.3) is 11.3 Å². The molecule has 3 aromatic rings. The first-order chi connectivity index (χ1) is 14.6. The zero-order valence-corrected chi connectivity index (χ0v) is 17.1. The van der Waals surface area contributed by atoms with E-state index < -0.39 is 0 Å². The molecule has 1 unspecified atom stereocenters. The van der Waals surface area contributed by atoms with Gasteiger partial charge in [-0.3, -0.25) is 9.58 Å². The molecule has 0 saturated carbocycles. The van der Waals surface area contributed by atoms with Gasteiger partial charge in [-0.15, -0.1) is 0 Å². The van der Waals surface area contributed by atoms with Gasteiger partial charge >= 0.3 is 6.03 Å². The number of nitrogens with one attached hydrogen (secondary N) is 2. The summed E-state index contributed by atoms with van der Waals surface area (Å²) < 4.78 is 7.31. The third-order valence-corrected chi connectivity index (χ3v) is 4.86. The number of aromatic nitrogens is 4. The van der Waals surface area contributed by atoms with Crippen LogP contribution in [0.1, 0.15) is 19.9 Å². The molecule has 2 N–H and O–H groups in total. The molecule has 0 radical (unpaired) electrons. The van der Waals surface area contributed by atoms with Crippen LogP contribution >= 0.6 is 0 Å². The van der Waals surface area contributed by atoms with Crippen molar-refractivity contribution in [1.82, 2.24) is 25.1 Å². The molecule has 4 rings (SSSR count). The Bertz CT molecular complexity index is 1000. The number of urea groups is 1. The zero-order chi connectivity index (χ0) is 20.9. The molecule has 9 nitrogen and oxygen atoms in total. The fraction of sp³-hybridized carbons (Fsp3) is 0.333. The fourth-order valence-electron chi connectivity index (χ4n) is 3.25. The molecule has 0 bridgehead atoms. The smallest absolute Gasteiger partial charge is 0.321 e. The number of hydrogen-bond donors (Lipinski definition) is 2. The van der Waals surface area contributed by atoms with Gasteiger partial charge in [-0.05, 0) is 32.0 Å². The van der Waals surface area contributed by atoms with Crippen molar-refractivity contribution in [2.45, 2.75) is 19.9 Å². The van der Waals surface area contributed by atoms with Crippen LogP contribution in [0.3, 0.4) is 0 Å². The molecule has 30 heavy (non-hydrogen) atoms. The van der Waals surface area contributed by atoms with Gasteiger partial charge in [-0.1, -0.05) is 12.1 Å². The van der Waals surface area contributed by atoms with Gasteiger partial charge in [-0.25, -0.2) is 14.8 Å². The number of carbonyl (C=O) groups is 1. The highest BCUT2D eigenvalue weighted by atomic mass is 16.5. The molecular weight excluding hydrogens is 382 g/mol. The van der Waals surface area contributed by atoms with E-state index in [1.165, 1.54) is 0 Å². The first kappa shape index (κ1) is 19.8. The topological polar surface area (TPSA) is 97.2 Å². The summed E-state index contributed by atoms with van der Waals surface area (Å²) >= 11 is 0. The standard InChI is InChI=1S/C21H25N7O2/c1-3-30-14-15(2)28-13-17(12-24-28)25-20-22-9-8-19(26-20)16-4-6-18(7-5-16)27-11-10-23-21(27)29/h4-9,12-13,15H,3,10-11,14H2,1-2H3,(H,23,29)(H,22,25,26). The largest absolute Gasteiger partial charge is 0.380 e. The Hall–Kier alpha value is -3.46. The third kappa shape index (κ3) is 4.41. The lowest BCUT2D eigenvalue weighted by atomic mass is 10.1. The van der Waals surface area contributed by atoms with Gasteiger partial charge in [-0.2, -0.15) is 5.10 Å². The molecule has 9 heteroatoms. The lowest BCUT2D eigenvalue weighted by Gasteiger charge is -2.14. The molecule has 2 amide bonds. The summed E-state index contributed by atoms with van der Waals surface area (Å²) in [6, 6.07) is 9.71. The highest BCUT2D eigenvalue weighted by Crippen LogP contribution is 2.24. The third-order valence-electron chi connectivity index (χ3n) is 4.86. The Morgan fingerprint density at radius 3 is 2.83 bits per heavy atom. The number of amides is 2. The molecule has 3 heterocycles. The van der Waals surface area contributed by atoms with Gasteiger partial charge in [0.05, 0.1) is 30.2 Å². The van der Waals surface area contributed by atoms with Gasteiger partial charge in [0.25, 0.3) is 0 Å². The first-order valence-corrected chi connectivity index (χ1v) is 10.0. The van der Waals surface area contributed by atoms with Gasteiger partial charge in [0.15, 0.2) is 0 Å². The minimum absolute atomic E-state index is 0.0626. The molecule has 1 aliphatic heterocycles. The van der Waals surface area contributed by atoms with Crippen LogP contribution in [0, 0.1) is 0 Å². The second kappa shape index (κ2) is 8.91. The van der Waals surface area contributed by atoms with Crippen molar-refractivity contribution in [3.05, 3.63) is 48.9 Å². The molecule has 2 aromatic heterocycles. The normalized spacial score (nSPS) is 14.6. The van der Waals surface area contributed by atoms with Crippen molar-refractivity contribution < 1.29 is 9.53 Å². The van der Waals surface area contributed by atoms with Crippen molar-refractivity contribution in [2.24, 2.45) is 0 Å². The Morgan fingerprint density at radius 1 is 1.27 bits per heavy atom. The van der Waals surface area contributed by atoms with Crippen LogP contribution in [-0.2, 0) is 4.74 Å². The number of hydrogen-bond acceptors (Lipinski definition) is 6. The van der Waals surface area contributed by atoms with Crippen LogP contribution in [0.5, 0.6) is 0 Å². The van der Waals surface area contributed by atoms with Crippen LogP contribution in [0.2, 0.25) is 0 Å². The Kier molecular flexibility index (Phi) is 5.89. The van der Waals surface area contributed by atoms with E-state index in [9.17, 15) is 4.79 Å². The summed E-state index contributed by atoms with van der Waals surface area (Å²) in [4.78, 5) is 22.5. The molecule has 1 saturated heterocycles. The van der Waals surface area contributed by atoms with Gasteiger partial charge in [0.1, 0.15) is 0 Å². The Morgan fingerprint density at radius 2 is 2.10 bits per heavy atom. The van der Waals surface area contributed by atoms with Crippen molar-refractivity contribution in [2.75, 3.05) is 36.5 Å². The van der Waals surface area contributed by atoms with E-state index >= 15 is 0 Å². The van der Waals surface area contributed by atoms with Crippen LogP contribution in [-0.4, -0.2) is 52.1 Å². The highest BCUT2D eigenvalue weighted by Gasteiger charge is 2.20. The summed E-state index contributed by atoms with van der Waals surface area (Å²) in [6.45, 7) is 6.67. The average Bonchev–Trinajstić information content (AvgIpc) is 3.41. The van der Waals surface area contributed by atoms with E-state index in [2.05, 4.69) is 32.6 Å². The molecule has 1 aromatic carbocycles. The van der Waals surface area contributed by atoms with Crippen molar-refractivity contribution >= 4 is 23.4 Å². The summed E-state index contributed by atoms with van der Waals surface area (Å²) in [7, 11) is 0. The van der Waals surface area contributed by atoms with E-state index in [0.717, 1.165) is 22.6 Å². The van der Waals surface area contributed by atoms with Crippen LogP contribution in [0.4, 0.5) is 22.1 Å². The predicted molar refractivity (Wildman–Crippen MR) is 115 cm³/mol. The summed E-state index contributed by atoms with van der Waals surface area (Å²) in [5.41, 5.74) is 3.42. The molecule has 0 spiro atoms. The number of nitrogens with zero attached hydrogens (tertiary/aromatic N) is 5. The first-order valence-electron chi connectivity index (χ1n) is 10.0. The SMILES string of the molecule is CCOCC(C)n1cc(Nc2nccc(-c3ccc(N4CCNC4=O)cc3)n2)cn1. The van der Waals surface area contributed by atoms with Crippen molar-refractivity contribution in [3.8, 4) is 11.3 Å². The van der Waals surface area contributed by atoms with Crippen LogP contribution in [0.15, 0.2) is 48.9 Å². The predicted octanol–water partition coefficient (Wildman–Crippen LogP) is 3.21. The second-order valence-electron chi connectivity index (χ2n) is 7.04.